The molecule has 0 bridgehead atoms. The molecule has 0 saturated carbocycles. The van der Waals surface area contributed by atoms with Gasteiger partial charge in [0.25, 0.3) is 0 Å². The predicted molar refractivity (Wildman–Crippen MR) is 77.0 cm³/mol. The molecule has 0 aliphatic heterocycles. The van der Waals surface area contributed by atoms with Crippen LogP contribution in [0.2, 0.25) is 0 Å². The summed E-state index contributed by atoms with van der Waals surface area (Å²) in [6, 6.07) is 4.46. The number of carbonyl (C=O) groups excluding carboxylic acids is 1. The fourth-order valence-electron chi connectivity index (χ4n) is 1.55. The van der Waals surface area contributed by atoms with E-state index < -0.39 is 6.04 Å². The molecule has 1 aromatic rings. The molecule has 1 amide bonds. The maximum absolute atomic E-state index is 11.9. The van der Waals surface area contributed by atoms with Gasteiger partial charge in [-0.3, -0.25) is 4.79 Å². The minimum Gasteiger partial charge on any atom is -0.493 e. The summed E-state index contributed by atoms with van der Waals surface area (Å²) in [4.78, 5) is 11.9. The van der Waals surface area contributed by atoms with Crippen molar-refractivity contribution in [1.82, 2.24) is 0 Å². The Labute approximate surface area is 118 Å². The Morgan fingerprint density at radius 3 is 2.65 bits per heavy atom. The molecular weight excluding hydrogens is 260 g/mol. The maximum Gasteiger partial charge on any atom is 0.241 e. The van der Waals surface area contributed by atoms with E-state index in [1.54, 1.807) is 18.2 Å². The van der Waals surface area contributed by atoms with Crippen molar-refractivity contribution in [2.45, 2.75) is 19.9 Å². The molecule has 112 valence electrons. The number of hydrogen-bond acceptors (Lipinski definition) is 5. The van der Waals surface area contributed by atoms with E-state index in [9.17, 15) is 4.79 Å². The van der Waals surface area contributed by atoms with Crippen molar-refractivity contribution in [3.63, 3.8) is 0 Å². The lowest BCUT2D eigenvalue weighted by molar-refractivity contribution is -0.118. The molecule has 0 fully saturated rings. The SMILES string of the molecule is COc1ccc(NC(=O)[C@@H](N)C(C)C)cc1OCCO. The molecule has 0 saturated heterocycles. The van der Waals surface area contributed by atoms with Crippen LogP contribution in [-0.4, -0.2) is 37.4 Å². The molecule has 6 heteroatoms. The topological polar surface area (TPSA) is 93.8 Å². The summed E-state index contributed by atoms with van der Waals surface area (Å²) in [6.07, 6.45) is 0. The standard InChI is InChI=1S/C14H22N2O4/c1-9(2)13(15)14(18)16-10-4-5-11(19-3)12(8-10)20-7-6-17/h4-5,8-9,13,17H,6-7,15H2,1-3H3,(H,16,18)/t13-/m0/s1. The molecule has 0 aromatic heterocycles. The second kappa shape index (κ2) is 7.72. The molecule has 0 spiro atoms. The monoisotopic (exact) mass is 282 g/mol. The lowest BCUT2D eigenvalue weighted by atomic mass is 10.0. The van der Waals surface area contributed by atoms with Gasteiger partial charge in [-0.05, 0) is 18.1 Å². The molecule has 6 nitrogen and oxygen atoms in total. The first-order valence-corrected chi connectivity index (χ1v) is 6.47. The first-order chi connectivity index (χ1) is 9.49. The molecule has 0 aliphatic rings. The normalized spacial score (nSPS) is 12.1. The third kappa shape index (κ3) is 4.40. The molecule has 1 atom stereocenters. The van der Waals surface area contributed by atoms with Crippen molar-refractivity contribution >= 4 is 11.6 Å². The van der Waals surface area contributed by atoms with Crippen LogP contribution in [0.3, 0.4) is 0 Å². The van der Waals surface area contributed by atoms with Gasteiger partial charge in [0.2, 0.25) is 5.91 Å². The number of methoxy groups -OCH3 is 1. The Morgan fingerprint density at radius 1 is 1.40 bits per heavy atom. The summed E-state index contributed by atoms with van der Waals surface area (Å²) in [5, 5.41) is 11.5. The van der Waals surface area contributed by atoms with Gasteiger partial charge in [0, 0.05) is 11.8 Å². The van der Waals surface area contributed by atoms with E-state index in [0.29, 0.717) is 17.2 Å². The van der Waals surface area contributed by atoms with Gasteiger partial charge in [0.05, 0.1) is 19.8 Å². The van der Waals surface area contributed by atoms with Gasteiger partial charge in [-0.2, -0.15) is 0 Å². The van der Waals surface area contributed by atoms with E-state index in [1.165, 1.54) is 7.11 Å². The van der Waals surface area contributed by atoms with Crippen LogP contribution in [0.5, 0.6) is 11.5 Å². The second-order valence-electron chi connectivity index (χ2n) is 4.70. The molecule has 0 radical (unpaired) electrons. The van der Waals surface area contributed by atoms with Crippen LogP contribution in [0, 0.1) is 5.92 Å². The van der Waals surface area contributed by atoms with Gasteiger partial charge in [-0.25, -0.2) is 0 Å². The van der Waals surface area contributed by atoms with E-state index in [4.69, 9.17) is 20.3 Å². The summed E-state index contributed by atoms with van der Waals surface area (Å²) in [5.74, 6) is 0.790. The molecule has 0 unspecified atom stereocenters. The molecule has 4 N–H and O–H groups in total. The molecule has 1 rings (SSSR count). The summed E-state index contributed by atoms with van der Waals surface area (Å²) >= 11 is 0. The number of anilines is 1. The van der Waals surface area contributed by atoms with Gasteiger partial charge in [-0.1, -0.05) is 13.8 Å². The quantitative estimate of drug-likeness (QED) is 0.693. The molecular formula is C14H22N2O4. The highest BCUT2D eigenvalue weighted by atomic mass is 16.5. The largest absolute Gasteiger partial charge is 0.493 e. The van der Waals surface area contributed by atoms with E-state index in [0.717, 1.165) is 0 Å². The van der Waals surface area contributed by atoms with Gasteiger partial charge in [-0.15, -0.1) is 0 Å². The lowest BCUT2D eigenvalue weighted by Gasteiger charge is -2.16. The number of benzene rings is 1. The minimum absolute atomic E-state index is 0.0540. The highest BCUT2D eigenvalue weighted by Gasteiger charge is 2.17. The zero-order valence-corrected chi connectivity index (χ0v) is 12.1. The number of aliphatic hydroxyl groups is 1. The van der Waals surface area contributed by atoms with E-state index in [2.05, 4.69) is 5.32 Å². The van der Waals surface area contributed by atoms with E-state index >= 15 is 0 Å². The van der Waals surface area contributed by atoms with Crippen LogP contribution in [0.4, 0.5) is 5.69 Å². The van der Waals surface area contributed by atoms with Gasteiger partial charge >= 0.3 is 0 Å². The average molecular weight is 282 g/mol. The summed E-state index contributed by atoms with van der Waals surface area (Å²) in [6.45, 7) is 3.82. The van der Waals surface area contributed by atoms with Gasteiger partial charge in [0.1, 0.15) is 6.61 Å². The number of amides is 1. The average Bonchev–Trinajstić information content (AvgIpc) is 2.44. The third-order valence-electron chi connectivity index (χ3n) is 2.80. The molecule has 0 heterocycles. The highest BCUT2D eigenvalue weighted by Crippen LogP contribution is 2.30. The summed E-state index contributed by atoms with van der Waals surface area (Å²) < 4.78 is 10.5. The van der Waals surface area contributed by atoms with Crippen molar-refractivity contribution in [3.8, 4) is 11.5 Å². The Kier molecular flexibility index (Phi) is 6.27. The highest BCUT2D eigenvalue weighted by molar-refractivity contribution is 5.95. The number of nitrogens with one attached hydrogen (secondary N) is 1. The van der Waals surface area contributed by atoms with Crippen molar-refractivity contribution in [1.29, 1.82) is 0 Å². The first kappa shape index (κ1) is 16.3. The lowest BCUT2D eigenvalue weighted by Crippen LogP contribution is -2.39. The smallest absolute Gasteiger partial charge is 0.241 e. The fourth-order valence-corrected chi connectivity index (χ4v) is 1.55. The van der Waals surface area contributed by atoms with Crippen molar-refractivity contribution in [2.75, 3.05) is 25.6 Å². The number of rotatable bonds is 7. The first-order valence-electron chi connectivity index (χ1n) is 6.47. The van der Waals surface area contributed by atoms with Crippen LogP contribution >= 0.6 is 0 Å². The number of hydrogen-bond donors (Lipinski definition) is 3. The van der Waals surface area contributed by atoms with Crippen molar-refractivity contribution in [3.05, 3.63) is 18.2 Å². The summed E-state index contributed by atoms with van der Waals surface area (Å²) in [7, 11) is 1.52. The number of carbonyl (C=O) groups is 1. The number of aliphatic hydroxyl groups excluding tert-OH is 1. The van der Waals surface area contributed by atoms with Crippen LogP contribution in [0.25, 0.3) is 0 Å². The fraction of sp³-hybridized carbons (Fsp3) is 0.500. The Balaban J connectivity index is 2.83. The van der Waals surface area contributed by atoms with Crippen molar-refractivity contribution < 1.29 is 19.4 Å². The minimum atomic E-state index is -0.570. The Hall–Kier alpha value is -1.79. The zero-order valence-electron chi connectivity index (χ0n) is 12.1. The molecule has 20 heavy (non-hydrogen) atoms. The maximum atomic E-state index is 11.9. The molecule has 1 aromatic carbocycles. The number of nitrogens with two attached hydrogens (primary N) is 1. The van der Waals surface area contributed by atoms with E-state index in [1.807, 2.05) is 13.8 Å². The zero-order chi connectivity index (χ0) is 15.1. The summed E-state index contributed by atoms with van der Waals surface area (Å²) in [5.41, 5.74) is 6.35. The van der Waals surface area contributed by atoms with Crippen LogP contribution in [0.15, 0.2) is 18.2 Å². The third-order valence-corrected chi connectivity index (χ3v) is 2.80. The molecule has 0 aliphatic carbocycles. The second-order valence-corrected chi connectivity index (χ2v) is 4.70. The van der Waals surface area contributed by atoms with Crippen LogP contribution in [0.1, 0.15) is 13.8 Å². The van der Waals surface area contributed by atoms with E-state index in [-0.39, 0.29) is 25.0 Å². The van der Waals surface area contributed by atoms with Crippen molar-refractivity contribution in [2.24, 2.45) is 11.7 Å². The van der Waals surface area contributed by atoms with Crippen LogP contribution < -0.4 is 20.5 Å². The van der Waals surface area contributed by atoms with Gasteiger partial charge < -0.3 is 25.6 Å². The Bertz CT molecular complexity index is 449. The Morgan fingerprint density at radius 2 is 2.10 bits per heavy atom. The van der Waals surface area contributed by atoms with Crippen LogP contribution in [-0.2, 0) is 4.79 Å². The predicted octanol–water partition coefficient (Wildman–Crippen LogP) is 0.988. The van der Waals surface area contributed by atoms with Gasteiger partial charge in [0.15, 0.2) is 11.5 Å². The number of ether oxygens (including phenoxy) is 2.